The van der Waals surface area contributed by atoms with Gasteiger partial charge in [-0.3, -0.25) is 15.0 Å². The summed E-state index contributed by atoms with van der Waals surface area (Å²) in [4.78, 5) is 12.9. The molecule has 118 valence electrons. The number of nitrogens with two attached hydrogens (primary N) is 1. The van der Waals surface area contributed by atoms with Crippen LogP contribution in [0.25, 0.3) is 0 Å². The van der Waals surface area contributed by atoms with E-state index in [-0.39, 0.29) is 35.1 Å². The van der Waals surface area contributed by atoms with Crippen molar-refractivity contribution in [3.05, 3.63) is 39.9 Å². The fourth-order valence-electron chi connectivity index (χ4n) is 2.93. The molecule has 5 nitrogen and oxygen atoms in total. The fourth-order valence-corrected chi connectivity index (χ4v) is 2.93. The fraction of sp³-hybridized carbons (Fsp3) is 0.600. The highest BCUT2D eigenvalue weighted by Gasteiger charge is 2.26. The Bertz CT molecular complexity index is 482. The Labute approximate surface area is 132 Å². The van der Waals surface area contributed by atoms with Crippen LogP contribution in [0.5, 0.6) is 0 Å². The molecule has 1 aromatic carbocycles. The van der Waals surface area contributed by atoms with E-state index in [1.54, 1.807) is 12.1 Å². The van der Waals surface area contributed by atoms with Crippen LogP contribution in [-0.2, 0) is 0 Å². The average molecular weight is 314 g/mol. The number of likely N-dealkylation sites (tertiary alicyclic amines) is 1. The summed E-state index contributed by atoms with van der Waals surface area (Å²) < 4.78 is 0. The molecule has 0 spiro atoms. The summed E-state index contributed by atoms with van der Waals surface area (Å²) >= 11 is 0. The second-order valence-corrected chi connectivity index (χ2v) is 5.78. The molecule has 2 N–H and O–H groups in total. The third-order valence-electron chi connectivity index (χ3n) is 4.34. The molecule has 6 heteroatoms. The number of piperidine rings is 1. The number of nitro groups is 1. The summed E-state index contributed by atoms with van der Waals surface area (Å²) in [6.07, 6.45) is 2.32. The standard InChI is InChI=1S/C15H23N3O2.ClH/c1-11(16)14-6-4-8-17(10-14)12(2)13-5-3-7-15(9-13)18(19)20;/h3,5,7,9,11-12,14H,4,6,8,10,16H2,1-2H3;1H. The van der Waals surface area contributed by atoms with E-state index in [1.807, 2.05) is 6.07 Å². The van der Waals surface area contributed by atoms with Gasteiger partial charge in [-0.25, -0.2) is 0 Å². The van der Waals surface area contributed by atoms with Crippen molar-refractivity contribution in [1.82, 2.24) is 4.90 Å². The quantitative estimate of drug-likeness (QED) is 0.684. The molecule has 3 unspecified atom stereocenters. The van der Waals surface area contributed by atoms with E-state index in [1.165, 1.54) is 12.5 Å². The summed E-state index contributed by atoms with van der Waals surface area (Å²) in [6, 6.07) is 7.34. The number of benzene rings is 1. The van der Waals surface area contributed by atoms with Crippen molar-refractivity contribution in [2.75, 3.05) is 13.1 Å². The van der Waals surface area contributed by atoms with Gasteiger partial charge >= 0.3 is 0 Å². The minimum atomic E-state index is -0.336. The molecule has 2 rings (SSSR count). The number of non-ortho nitro benzene ring substituents is 1. The minimum absolute atomic E-state index is 0. The van der Waals surface area contributed by atoms with E-state index in [4.69, 9.17) is 5.73 Å². The van der Waals surface area contributed by atoms with Gasteiger partial charge in [0.1, 0.15) is 0 Å². The first-order valence-corrected chi connectivity index (χ1v) is 7.23. The molecule has 21 heavy (non-hydrogen) atoms. The zero-order valence-corrected chi connectivity index (χ0v) is 13.4. The zero-order valence-electron chi connectivity index (χ0n) is 12.6. The van der Waals surface area contributed by atoms with E-state index < -0.39 is 0 Å². The Kier molecular flexibility index (Phi) is 6.58. The third kappa shape index (κ3) is 4.40. The maximum atomic E-state index is 10.9. The van der Waals surface area contributed by atoms with Gasteiger partial charge in [0.2, 0.25) is 0 Å². The number of rotatable bonds is 4. The van der Waals surface area contributed by atoms with Crippen LogP contribution in [0.4, 0.5) is 5.69 Å². The van der Waals surface area contributed by atoms with Gasteiger partial charge in [0.05, 0.1) is 4.92 Å². The summed E-state index contributed by atoms with van der Waals surface area (Å²) in [5, 5.41) is 10.9. The number of hydrogen-bond donors (Lipinski definition) is 1. The van der Waals surface area contributed by atoms with Crippen LogP contribution in [0.3, 0.4) is 0 Å². The number of nitro benzene ring substituents is 1. The van der Waals surface area contributed by atoms with E-state index in [2.05, 4.69) is 18.7 Å². The lowest BCUT2D eigenvalue weighted by molar-refractivity contribution is -0.385. The lowest BCUT2D eigenvalue weighted by atomic mass is 9.90. The van der Waals surface area contributed by atoms with Crippen LogP contribution in [0.1, 0.15) is 38.3 Å². The monoisotopic (exact) mass is 313 g/mol. The van der Waals surface area contributed by atoms with Gasteiger partial charge in [-0.15, -0.1) is 12.4 Å². The highest BCUT2D eigenvalue weighted by atomic mass is 35.5. The smallest absolute Gasteiger partial charge is 0.269 e. The topological polar surface area (TPSA) is 72.4 Å². The molecule has 0 saturated carbocycles. The van der Waals surface area contributed by atoms with E-state index >= 15 is 0 Å². The van der Waals surface area contributed by atoms with E-state index in [9.17, 15) is 10.1 Å². The van der Waals surface area contributed by atoms with Gasteiger partial charge in [-0.2, -0.15) is 0 Å². The molecule has 0 aliphatic carbocycles. The molecule has 1 heterocycles. The lowest BCUT2D eigenvalue weighted by Gasteiger charge is -2.38. The maximum absolute atomic E-state index is 10.9. The van der Waals surface area contributed by atoms with Gasteiger partial charge in [-0.05, 0) is 44.7 Å². The predicted molar refractivity (Wildman–Crippen MR) is 86.7 cm³/mol. The number of nitrogens with zero attached hydrogens (tertiary/aromatic N) is 2. The normalized spacial score (nSPS) is 22.1. The van der Waals surface area contributed by atoms with Crippen molar-refractivity contribution in [1.29, 1.82) is 0 Å². The Hall–Kier alpha value is -1.17. The molecular weight excluding hydrogens is 290 g/mol. The zero-order chi connectivity index (χ0) is 14.7. The van der Waals surface area contributed by atoms with Crippen LogP contribution in [0, 0.1) is 16.0 Å². The molecule has 3 atom stereocenters. The van der Waals surface area contributed by atoms with Crippen molar-refractivity contribution < 1.29 is 4.92 Å². The highest BCUT2D eigenvalue weighted by molar-refractivity contribution is 5.85. The van der Waals surface area contributed by atoms with Crippen LogP contribution >= 0.6 is 12.4 Å². The molecule has 1 saturated heterocycles. The largest absolute Gasteiger partial charge is 0.328 e. The van der Waals surface area contributed by atoms with Crippen molar-refractivity contribution in [2.24, 2.45) is 11.7 Å². The highest BCUT2D eigenvalue weighted by Crippen LogP contribution is 2.29. The molecular formula is C15H24ClN3O2. The summed E-state index contributed by atoms with van der Waals surface area (Å²) in [5.74, 6) is 0.518. The van der Waals surface area contributed by atoms with Crippen LogP contribution in [0.15, 0.2) is 24.3 Å². The molecule has 0 bridgehead atoms. The summed E-state index contributed by atoms with van der Waals surface area (Å²) in [6.45, 7) is 6.18. The molecule has 1 aliphatic rings. The van der Waals surface area contributed by atoms with Gasteiger partial charge in [0.25, 0.3) is 5.69 Å². The molecule has 0 aromatic heterocycles. The SMILES string of the molecule is CC(N)C1CCCN(C(C)c2cccc([N+](=O)[O-])c2)C1.Cl. The van der Waals surface area contributed by atoms with E-state index in [0.717, 1.165) is 25.1 Å². The number of halogens is 1. The second-order valence-electron chi connectivity index (χ2n) is 5.78. The summed E-state index contributed by atoms with van der Waals surface area (Å²) in [5.41, 5.74) is 7.18. The van der Waals surface area contributed by atoms with Crippen molar-refractivity contribution in [2.45, 2.75) is 38.8 Å². The first-order valence-electron chi connectivity index (χ1n) is 7.23. The minimum Gasteiger partial charge on any atom is -0.328 e. The van der Waals surface area contributed by atoms with Crippen LogP contribution < -0.4 is 5.73 Å². The molecule has 0 radical (unpaired) electrons. The predicted octanol–water partition coefficient (Wildman–Crippen LogP) is 3.14. The van der Waals surface area contributed by atoms with Crippen LogP contribution in [0.2, 0.25) is 0 Å². The first kappa shape index (κ1) is 17.9. The van der Waals surface area contributed by atoms with Crippen molar-refractivity contribution in [3.8, 4) is 0 Å². The Balaban J connectivity index is 0.00000220. The van der Waals surface area contributed by atoms with E-state index in [0.29, 0.717) is 5.92 Å². The molecule has 1 fully saturated rings. The van der Waals surface area contributed by atoms with Crippen LogP contribution in [-0.4, -0.2) is 29.0 Å². The van der Waals surface area contributed by atoms with Gasteiger partial charge in [-0.1, -0.05) is 12.1 Å². The van der Waals surface area contributed by atoms with Gasteiger partial charge < -0.3 is 5.73 Å². The second kappa shape index (κ2) is 7.73. The molecule has 0 amide bonds. The van der Waals surface area contributed by atoms with Gasteiger partial charge in [0.15, 0.2) is 0 Å². The first-order chi connectivity index (χ1) is 9.49. The Morgan fingerprint density at radius 2 is 2.14 bits per heavy atom. The number of hydrogen-bond acceptors (Lipinski definition) is 4. The maximum Gasteiger partial charge on any atom is 0.269 e. The lowest BCUT2D eigenvalue weighted by Crippen LogP contribution is -2.43. The third-order valence-corrected chi connectivity index (χ3v) is 4.34. The van der Waals surface area contributed by atoms with Crippen molar-refractivity contribution >= 4 is 18.1 Å². The Morgan fingerprint density at radius 3 is 2.76 bits per heavy atom. The van der Waals surface area contributed by atoms with Gasteiger partial charge in [0, 0.05) is 30.8 Å². The summed E-state index contributed by atoms with van der Waals surface area (Å²) in [7, 11) is 0. The average Bonchev–Trinajstić information content (AvgIpc) is 2.46. The molecule has 1 aliphatic heterocycles. The molecule has 1 aromatic rings. The Morgan fingerprint density at radius 1 is 1.43 bits per heavy atom. The van der Waals surface area contributed by atoms with Crippen molar-refractivity contribution in [3.63, 3.8) is 0 Å².